The summed E-state index contributed by atoms with van der Waals surface area (Å²) in [4.78, 5) is 0. The summed E-state index contributed by atoms with van der Waals surface area (Å²) in [7, 11) is 0. The monoisotopic (exact) mass is 340 g/mol. The second-order valence-electron chi connectivity index (χ2n) is 5.49. The summed E-state index contributed by atoms with van der Waals surface area (Å²) in [5.41, 5.74) is 7.02. The Morgan fingerprint density at radius 1 is 1.00 bits per heavy atom. The maximum absolute atomic E-state index is 5.86. The van der Waals surface area contributed by atoms with Gasteiger partial charge in [-0.15, -0.1) is 0 Å². The lowest BCUT2D eigenvalue weighted by atomic mass is 10.0. The predicted octanol–water partition coefficient (Wildman–Crippen LogP) is 5.33. The number of nitrogens with one attached hydrogen (secondary N) is 1. The number of unbranched alkanes of at least 4 members (excludes halogenated alkanes) is 6. The van der Waals surface area contributed by atoms with Crippen molar-refractivity contribution in [3.05, 3.63) is 28.7 Å². The quantitative estimate of drug-likeness (QED) is 0.534. The van der Waals surface area contributed by atoms with Gasteiger partial charge in [-0.25, -0.2) is 0 Å². The molecule has 20 heavy (non-hydrogen) atoms. The van der Waals surface area contributed by atoms with Crippen molar-refractivity contribution in [1.29, 1.82) is 0 Å². The molecule has 2 nitrogen and oxygen atoms in total. The Kier molecular flexibility index (Phi) is 9.77. The summed E-state index contributed by atoms with van der Waals surface area (Å²) in [6, 6.07) is 8.70. The molecule has 1 unspecified atom stereocenters. The van der Waals surface area contributed by atoms with Gasteiger partial charge in [-0.2, -0.15) is 0 Å². The van der Waals surface area contributed by atoms with Gasteiger partial charge in [-0.3, -0.25) is 0 Å². The van der Waals surface area contributed by atoms with Crippen LogP contribution in [-0.2, 0) is 0 Å². The summed E-state index contributed by atoms with van der Waals surface area (Å²) in [5, 5.41) is 3.52. The minimum atomic E-state index is 0.395. The van der Waals surface area contributed by atoms with E-state index in [2.05, 4.69) is 52.4 Å². The van der Waals surface area contributed by atoms with E-state index < -0.39 is 0 Å². The second kappa shape index (κ2) is 11.2. The molecule has 0 aromatic heterocycles. The van der Waals surface area contributed by atoms with Gasteiger partial charge in [-0.1, -0.05) is 67.8 Å². The third kappa shape index (κ3) is 7.91. The highest BCUT2D eigenvalue weighted by Gasteiger charge is 2.06. The lowest BCUT2D eigenvalue weighted by Gasteiger charge is -2.18. The van der Waals surface area contributed by atoms with Gasteiger partial charge in [0.25, 0.3) is 0 Å². The van der Waals surface area contributed by atoms with Gasteiger partial charge >= 0.3 is 0 Å². The zero-order valence-electron chi connectivity index (χ0n) is 12.7. The van der Waals surface area contributed by atoms with Crippen LogP contribution in [0, 0.1) is 0 Å². The highest BCUT2D eigenvalue weighted by molar-refractivity contribution is 9.10. The number of rotatable bonds is 11. The van der Waals surface area contributed by atoms with E-state index in [1.165, 1.54) is 51.4 Å². The number of halogens is 1. The molecule has 0 saturated carbocycles. The standard InChI is InChI=1S/C17H29BrN2/c1-2-3-4-5-6-7-8-9-17(14-19)20-16-12-10-15(18)11-13-16/h10-13,17,20H,2-9,14,19H2,1H3. The molecule has 114 valence electrons. The van der Waals surface area contributed by atoms with E-state index in [4.69, 9.17) is 5.73 Å². The smallest absolute Gasteiger partial charge is 0.0383 e. The fourth-order valence-corrected chi connectivity index (χ4v) is 2.64. The SMILES string of the molecule is CCCCCCCCCC(CN)Nc1ccc(Br)cc1. The Hall–Kier alpha value is -0.540. The maximum Gasteiger partial charge on any atom is 0.0383 e. The molecule has 0 fully saturated rings. The van der Waals surface area contributed by atoms with E-state index >= 15 is 0 Å². The third-order valence-electron chi connectivity index (χ3n) is 3.66. The zero-order valence-corrected chi connectivity index (χ0v) is 14.3. The Morgan fingerprint density at radius 3 is 2.20 bits per heavy atom. The summed E-state index contributed by atoms with van der Waals surface area (Å²) >= 11 is 3.45. The molecule has 0 aliphatic rings. The molecule has 1 aromatic rings. The summed E-state index contributed by atoms with van der Waals surface area (Å²) in [5.74, 6) is 0. The second-order valence-corrected chi connectivity index (χ2v) is 6.41. The van der Waals surface area contributed by atoms with Gasteiger partial charge in [0.15, 0.2) is 0 Å². The highest BCUT2D eigenvalue weighted by atomic mass is 79.9. The van der Waals surface area contributed by atoms with Crippen molar-refractivity contribution in [3.8, 4) is 0 Å². The Balaban J connectivity index is 2.14. The average Bonchev–Trinajstić information content (AvgIpc) is 2.47. The van der Waals surface area contributed by atoms with E-state index in [0.717, 1.165) is 10.2 Å². The van der Waals surface area contributed by atoms with Crippen molar-refractivity contribution in [2.75, 3.05) is 11.9 Å². The topological polar surface area (TPSA) is 38.0 Å². The molecule has 1 rings (SSSR count). The van der Waals surface area contributed by atoms with Gasteiger partial charge in [0.1, 0.15) is 0 Å². The minimum Gasteiger partial charge on any atom is -0.381 e. The van der Waals surface area contributed by atoms with Gasteiger partial charge in [-0.05, 0) is 30.7 Å². The minimum absolute atomic E-state index is 0.395. The van der Waals surface area contributed by atoms with Crippen molar-refractivity contribution in [1.82, 2.24) is 0 Å². The van der Waals surface area contributed by atoms with E-state index in [0.29, 0.717) is 12.6 Å². The van der Waals surface area contributed by atoms with Crippen LogP contribution in [0.4, 0.5) is 5.69 Å². The normalized spacial score (nSPS) is 12.3. The summed E-state index contributed by atoms with van der Waals surface area (Å²) < 4.78 is 1.11. The van der Waals surface area contributed by atoms with Gasteiger partial charge in [0.2, 0.25) is 0 Å². The molecule has 0 aliphatic heterocycles. The first-order chi connectivity index (χ1) is 9.76. The fraction of sp³-hybridized carbons (Fsp3) is 0.647. The predicted molar refractivity (Wildman–Crippen MR) is 93.2 cm³/mol. The van der Waals surface area contributed by atoms with Gasteiger partial charge < -0.3 is 11.1 Å². The number of nitrogens with two attached hydrogens (primary N) is 1. The van der Waals surface area contributed by atoms with Crippen LogP contribution in [0.15, 0.2) is 28.7 Å². The molecule has 1 aromatic carbocycles. The van der Waals surface area contributed by atoms with Crippen LogP contribution in [0.5, 0.6) is 0 Å². The number of anilines is 1. The van der Waals surface area contributed by atoms with E-state index in [9.17, 15) is 0 Å². The fourth-order valence-electron chi connectivity index (χ4n) is 2.38. The lowest BCUT2D eigenvalue weighted by Crippen LogP contribution is -2.28. The molecular formula is C17H29BrN2. The molecule has 0 radical (unpaired) electrons. The molecular weight excluding hydrogens is 312 g/mol. The summed E-state index contributed by atoms with van der Waals surface area (Å²) in [6.45, 7) is 2.96. The van der Waals surface area contributed by atoms with Crippen LogP contribution in [-0.4, -0.2) is 12.6 Å². The van der Waals surface area contributed by atoms with Crippen molar-refractivity contribution >= 4 is 21.6 Å². The zero-order chi connectivity index (χ0) is 14.6. The molecule has 0 saturated heterocycles. The Bertz CT molecular complexity index is 337. The van der Waals surface area contributed by atoms with Crippen LogP contribution < -0.4 is 11.1 Å². The first kappa shape index (κ1) is 17.5. The molecule has 1 atom stereocenters. The number of hydrogen-bond donors (Lipinski definition) is 2. The van der Waals surface area contributed by atoms with E-state index in [1.54, 1.807) is 0 Å². The first-order valence-electron chi connectivity index (χ1n) is 7.98. The molecule has 0 amide bonds. The molecule has 3 N–H and O–H groups in total. The van der Waals surface area contributed by atoms with Crippen LogP contribution >= 0.6 is 15.9 Å². The Labute approximate surface area is 132 Å². The van der Waals surface area contributed by atoms with Crippen molar-refractivity contribution in [3.63, 3.8) is 0 Å². The number of hydrogen-bond acceptors (Lipinski definition) is 2. The van der Waals surface area contributed by atoms with Crippen molar-refractivity contribution in [2.45, 2.75) is 64.3 Å². The molecule has 0 heterocycles. The molecule has 0 spiro atoms. The largest absolute Gasteiger partial charge is 0.381 e. The Morgan fingerprint density at radius 2 is 1.60 bits per heavy atom. The summed E-state index contributed by atoms with van der Waals surface area (Å²) in [6.07, 6.45) is 10.6. The van der Waals surface area contributed by atoms with Crippen LogP contribution in [0.1, 0.15) is 58.3 Å². The third-order valence-corrected chi connectivity index (χ3v) is 4.18. The van der Waals surface area contributed by atoms with E-state index in [1.807, 2.05) is 0 Å². The lowest BCUT2D eigenvalue weighted by molar-refractivity contribution is 0.548. The maximum atomic E-state index is 5.86. The van der Waals surface area contributed by atoms with Crippen molar-refractivity contribution in [2.24, 2.45) is 5.73 Å². The highest BCUT2D eigenvalue weighted by Crippen LogP contribution is 2.16. The molecule has 0 aliphatic carbocycles. The number of benzene rings is 1. The van der Waals surface area contributed by atoms with Crippen molar-refractivity contribution < 1.29 is 0 Å². The van der Waals surface area contributed by atoms with Crippen LogP contribution in [0.3, 0.4) is 0 Å². The first-order valence-corrected chi connectivity index (χ1v) is 8.77. The van der Waals surface area contributed by atoms with Gasteiger partial charge in [0, 0.05) is 22.7 Å². The van der Waals surface area contributed by atoms with Crippen LogP contribution in [0.25, 0.3) is 0 Å². The average molecular weight is 341 g/mol. The molecule has 0 bridgehead atoms. The van der Waals surface area contributed by atoms with Crippen LogP contribution in [0.2, 0.25) is 0 Å². The van der Waals surface area contributed by atoms with E-state index in [-0.39, 0.29) is 0 Å². The molecule has 3 heteroatoms. The van der Waals surface area contributed by atoms with Gasteiger partial charge in [0.05, 0.1) is 0 Å².